The maximum Gasteiger partial charge on any atom is 0.180 e. The van der Waals surface area contributed by atoms with Gasteiger partial charge in [-0.2, -0.15) is 0 Å². The first-order valence-electron chi connectivity index (χ1n) is 6.64. The molecule has 5 heteroatoms. The number of aryl methyl sites for hydroxylation is 1. The van der Waals surface area contributed by atoms with Gasteiger partial charge in [-0.05, 0) is 63.4 Å². The van der Waals surface area contributed by atoms with Crippen molar-refractivity contribution < 1.29 is 8.42 Å². The van der Waals surface area contributed by atoms with Crippen LogP contribution in [0.25, 0.3) is 0 Å². The maximum absolute atomic E-state index is 12.1. The largest absolute Gasteiger partial charge is 0.330 e. The lowest BCUT2D eigenvalue weighted by molar-refractivity contribution is 0.507. The van der Waals surface area contributed by atoms with Gasteiger partial charge in [0.05, 0.1) is 10.1 Å². The van der Waals surface area contributed by atoms with Crippen molar-refractivity contribution in [3.05, 3.63) is 29.8 Å². The molecule has 1 aromatic carbocycles. The zero-order valence-electron chi connectivity index (χ0n) is 11.7. The second kappa shape index (κ2) is 7.03. The standard InChI is InChI=1S/C14H24N2O2S/c1-11(2)19(17,18)14-5-3-4-12(8-14)6-7-13(9-15)10-16/h3-5,8,11,13H,6-7,9-10,15-16H2,1-2H3. The summed E-state index contributed by atoms with van der Waals surface area (Å²) in [5.74, 6) is 0.297. The molecule has 0 aromatic heterocycles. The van der Waals surface area contributed by atoms with E-state index in [0.29, 0.717) is 23.9 Å². The fourth-order valence-electron chi connectivity index (χ4n) is 1.85. The van der Waals surface area contributed by atoms with E-state index in [9.17, 15) is 8.42 Å². The summed E-state index contributed by atoms with van der Waals surface area (Å²) in [6.07, 6.45) is 1.69. The first-order chi connectivity index (χ1) is 8.91. The van der Waals surface area contributed by atoms with Crippen LogP contribution in [0.5, 0.6) is 0 Å². The van der Waals surface area contributed by atoms with Crippen LogP contribution in [0.1, 0.15) is 25.8 Å². The van der Waals surface area contributed by atoms with Gasteiger partial charge in [-0.25, -0.2) is 8.42 Å². The minimum atomic E-state index is -3.20. The van der Waals surface area contributed by atoms with Crippen molar-refractivity contribution in [2.45, 2.75) is 36.8 Å². The summed E-state index contributed by atoms with van der Waals surface area (Å²) in [6, 6.07) is 7.16. The van der Waals surface area contributed by atoms with Crippen LogP contribution in [-0.4, -0.2) is 26.8 Å². The van der Waals surface area contributed by atoms with E-state index in [2.05, 4.69) is 0 Å². The lowest BCUT2D eigenvalue weighted by Gasteiger charge is -2.13. The minimum Gasteiger partial charge on any atom is -0.330 e. The highest BCUT2D eigenvalue weighted by molar-refractivity contribution is 7.92. The molecule has 0 heterocycles. The molecule has 0 atom stereocenters. The molecule has 0 saturated carbocycles. The summed E-state index contributed by atoms with van der Waals surface area (Å²) in [4.78, 5) is 0.400. The van der Waals surface area contributed by atoms with E-state index in [1.807, 2.05) is 6.07 Å². The van der Waals surface area contributed by atoms with Crippen molar-refractivity contribution in [3.63, 3.8) is 0 Å². The summed E-state index contributed by atoms with van der Waals surface area (Å²) in [6.45, 7) is 4.53. The van der Waals surface area contributed by atoms with Crippen molar-refractivity contribution in [1.82, 2.24) is 0 Å². The molecule has 19 heavy (non-hydrogen) atoms. The highest BCUT2D eigenvalue weighted by Crippen LogP contribution is 2.18. The monoisotopic (exact) mass is 284 g/mol. The van der Waals surface area contributed by atoms with Gasteiger partial charge in [0, 0.05) is 0 Å². The second-order valence-electron chi connectivity index (χ2n) is 5.12. The Morgan fingerprint density at radius 2 is 1.79 bits per heavy atom. The molecule has 0 aliphatic carbocycles. The van der Waals surface area contributed by atoms with E-state index >= 15 is 0 Å². The fraction of sp³-hybridized carbons (Fsp3) is 0.571. The summed E-state index contributed by atoms with van der Waals surface area (Å²) < 4.78 is 24.2. The van der Waals surface area contributed by atoms with E-state index in [1.165, 1.54) is 0 Å². The topological polar surface area (TPSA) is 86.2 Å². The third kappa shape index (κ3) is 4.30. The van der Waals surface area contributed by atoms with Gasteiger partial charge in [-0.1, -0.05) is 12.1 Å². The van der Waals surface area contributed by atoms with Crippen LogP contribution in [-0.2, 0) is 16.3 Å². The van der Waals surface area contributed by atoms with Crippen LogP contribution < -0.4 is 11.5 Å². The van der Waals surface area contributed by atoms with Crippen molar-refractivity contribution in [3.8, 4) is 0 Å². The van der Waals surface area contributed by atoms with Crippen LogP contribution in [0.2, 0.25) is 0 Å². The van der Waals surface area contributed by atoms with Gasteiger partial charge in [-0.3, -0.25) is 0 Å². The molecule has 0 fully saturated rings. The minimum absolute atomic E-state index is 0.297. The Morgan fingerprint density at radius 1 is 1.16 bits per heavy atom. The van der Waals surface area contributed by atoms with Gasteiger partial charge in [0.2, 0.25) is 0 Å². The molecule has 4 N–H and O–H groups in total. The first-order valence-corrected chi connectivity index (χ1v) is 8.19. The maximum atomic E-state index is 12.1. The van der Waals surface area contributed by atoms with Crippen molar-refractivity contribution in [2.24, 2.45) is 17.4 Å². The van der Waals surface area contributed by atoms with Crippen LogP contribution in [0.15, 0.2) is 29.2 Å². The molecule has 0 radical (unpaired) electrons. The third-order valence-electron chi connectivity index (χ3n) is 3.36. The Hall–Kier alpha value is -0.910. The highest BCUT2D eigenvalue weighted by Gasteiger charge is 2.19. The fourth-order valence-corrected chi connectivity index (χ4v) is 2.98. The van der Waals surface area contributed by atoms with Gasteiger partial charge in [-0.15, -0.1) is 0 Å². The molecular weight excluding hydrogens is 260 g/mol. The average molecular weight is 284 g/mol. The van der Waals surface area contributed by atoms with E-state index in [1.54, 1.807) is 32.0 Å². The van der Waals surface area contributed by atoms with Crippen molar-refractivity contribution >= 4 is 9.84 Å². The summed E-state index contributed by atoms with van der Waals surface area (Å²) in [5, 5.41) is -0.399. The summed E-state index contributed by atoms with van der Waals surface area (Å²) in [5.41, 5.74) is 12.2. The summed E-state index contributed by atoms with van der Waals surface area (Å²) in [7, 11) is -3.20. The zero-order valence-corrected chi connectivity index (χ0v) is 12.5. The molecule has 0 aliphatic heterocycles. The zero-order chi connectivity index (χ0) is 14.5. The normalized spacial score (nSPS) is 12.3. The Labute approximate surface area is 116 Å². The van der Waals surface area contributed by atoms with Crippen molar-refractivity contribution in [2.75, 3.05) is 13.1 Å². The quantitative estimate of drug-likeness (QED) is 0.791. The molecule has 0 unspecified atom stereocenters. The molecule has 0 aliphatic rings. The Bertz CT molecular complexity index is 494. The molecule has 0 spiro atoms. The molecule has 0 saturated heterocycles. The van der Waals surface area contributed by atoms with Gasteiger partial charge < -0.3 is 11.5 Å². The van der Waals surface area contributed by atoms with Gasteiger partial charge in [0.15, 0.2) is 9.84 Å². The SMILES string of the molecule is CC(C)S(=O)(=O)c1cccc(CCC(CN)CN)c1. The van der Waals surface area contributed by atoms with Crippen LogP contribution >= 0.6 is 0 Å². The Kier molecular flexibility index (Phi) is 5.97. The lowest BCUT2D eigenvalue weighted by atomic mass is 10.00. The van der Waals surface area contributed by atoms with E-state index in [0.717, 1.165) is 18.4 Å². The van der Waals surface area contributed by atoms with Crippen LogP contribution in [0.4, 0.5) is 0 Å². The number of rotatable bonds is 7. The average Bonchev–Trinajstić information content (AvgIpc) is 2.40. The molecular formula is C14H24N2O2S. The molecule has 1 rings (SSSR count). The van der Waals surface area contributed by atoms with Crippen LogP contribution in [0.3, 0.4) is 0 Å². The van der Waals surface area contributed by atoms with E-state index < -0.39 is 15.1 Å². The molecule has 4 nitrogen and oxygen atoms in total. The Balaban J connectivity index is 2.84. The number of nitrogens with two attached hydrogens (primary N) is 2. The number of benzene rings is 1. The van der Waals surface area contributed by atoms with Gasteiger partial charge >= 0.3 is 0 Å². The van der Waals surface area contributed by atoms with E-state index in [4.69, 9.17) is 11.5 Å². The molecule has 1 aromatic rings. The molecule has 0 amide bonds. The van der Waals surface area contributed by atoms with Crippen molar-refractivity contribution in [1.29, 1.82) is 0 Å². The Morgan fingerprint density at radius 3 is 2.32 bits per heavy atom. The molecule has 0 bridgehead atoms. The van der Waals surface area contributed by atoms with E-state index in [-0.39, 0.29) is 0 Å². The highest BCUT2D eigenvalue weighted by atomic mass is 32.2. The van der Waals surface area contributed by atoms with Gasteiger partial charge in [0.1, 0.15) is 0 Å². The van der Waals surface area contributed by atoms with Gasteiger partial charge in [0.25, 0.3) is 0 Å². The smallest absolute Gasteiger partial charge is 0.180 e. The molecule has 108 valence electrons. The second-order valence-corrected chi connectivity index (χ2v) is 7.62. The third-order valence-corrected chi connectivity index (χ3v) is 5.51. The summed E-state index contributed by atoms with van der Waals surface area (Å²) >= 11 is 0. The number of hydrogen-bond acceptors (Lipinski definition) is 4. The van der Waals surface area contributed by atoms with Crippen LogP contribution in [0, 0.1) is 5.92 Å². The first kappa shape index (κ1) is 16.1. The predicted molar refractivity (Wildman–Crippen MR) is 78.7 cm³/mol. The predicted octanol–water partition coefficient (Wildman–Crippen LogP) is 1.33. The lowest BCUT2D eigenvalue weighted by Crippen LogP contribution is -2.23. The number of sulfone groups is 1. The number of hydrogen-bond donors (Lipinski definition) is 2.